The Bertz CT molecular complexity index is 627. The number of aldehydes is 1. The topological polar surface area (TPSA) is 55.8 Å². The van der Waals surface area contributed by atoms with E-state index >= 15 is 0 Å². The van der Waals surface area contributed by atoms with Crippen LogP contribution in [0.4, 0.5) is 0 Å². The number of hydrogen-bond acceptors (Lipinski definition) is 4. The molecule has 0 aliphatic carbocycles. The van der Waals surface area contributed by atoms with Crippen LogP contribution in [-0.4, -0.2) is 25.1 Å². The van der Waals surface area contributed by atoms with Gasteiger partial charge in [-0.15, -0.1) is 0 Å². The third kappa shape index (κ3) is 3.74. The summed E-state index contributed by atoms with van der Waals surface area (Å²) in [6, 6.07) is 12.0. The van der Waals surface area contributed by atoms with Crippen molar-refractivity contribution in [2.24, 2.45) is 0 Å². The highest BCUT2D eigenvalue weighted by Crippen LogP contribution is 2.26. The van der Waals surface area contributed by atoms with E-state index in [1.54, 1.807) is 49.6 Å². The molecule has 4 nitrogen and oxygen atoms in total. The monoisotopic (exact) mass is 306 g/mol. The fourth-order valence-electron chi connectivity index (χ4n) is 1.87. The van der Waals surface area contributed by atoms with Crippen LogP contribution < -0.4 is 9.47 Å². The molecule has 0 saturated heterocycles. The maximum atomic E-state index is 11.0. The summed E-state index contributed by atoms with van der Waals surface area (Å²) >= 11 is 5.91. The van der Waals surface area contributed by atoms with Crippen LogP contribution in [0.25, 0.3) is 0 Å². The molecule has 1 unspecified atom stereocenters. The van der Waals surface area contributed by atoms with Crippen molar-refractivity contribution >= 4 is 17.9 Å². The van der Waals surface area contributed by atoms with Gasteiger partial charge in [-0.05, 0) is 29.8 Å². The van der Waals surface area contributed by atoms with E-state index < -0.39 is 6.10 Å². The summed E-state index contributed by atoms with van der Waals surface area (Å²) < 4.78 is 10.6. The Kier molecular flexibility index (Phi) is 5.20. The number of halogens is 1. The van der Waals surface area contributed by atoms with Crippen LogP contribution in [0.2, 0.25) is 5.02 Å². The lowest BCUT2D eigenvalue weighted by molar-refractivity contribution is 0.104. The summed E-state index contributed by atoms with van der Waals surface area (Å²) in [6.45, 7) is 0.00828. The lowest BCUT2D eigenvalue weighted by Gasteiger charge is -2.15. The third-order valence-corrected chi connectivity index (χ3v) is 3.34. The molecule has 0 heterocycles. The van der Waals surface area contributed by atoms with E-state index in [-0.39, 0.29) is 12.2 Å². The first-order valence-electron chi connectivity index (χ1n) is 6.34. The molecule has 0 aromatic heterocycles. The van der Waals surface area contributed by atoms with E-state index in [2.05, 4.69) is 0 Å². The summed E-state index contributed by atoms with van der Waals surface area (Å²) in [6.07, 6.45) is -0.200. The second-order valence-electron chi connectivity index (χ2n) is 4.37. The predicted octanol–water partition coefficient (Wildman–Crippen LogP) is 3.27. The zero-order valence-electron chi connectivity index (χ0n) is 11.5. The molecule has 0 saturated carbocycles. The van der Waals surface area contributed by atoms with Gasteiger partial charge in [-0.2, -0.15) is 0 Å². The van der Waals surface area contributed by atoms with Gasteiger partial charge >= 0.3 is 0 Å². The molecule has 0 bridgehead atoms. The molecule has 0 aliphatic heterocycles. The predicted molar refractivity (Wildman–Crippen MR) is 80.3 cm³/mol. The van der Waals surface area contributed by atoms with E-state index in [0.717, 1.165) is 0 Å². The van der Waals surface area contributed by atoms with Gasteiger partial charge < -0.3 is 14.6 Å². The van der Waals surface area contributed by atoms with Gasteiger partial charge in [0.2, 0.25) is 0 Å². The summed E-state index contributed by atoms with van der Waals surface area (Å²) in [7, 11) is 1.56. The van der Waals surface area contributed by atoms with Crippen LogP contribution in [-0.2, 0) is 0 Å². The standard InChI is InChI=1S/C16H15ClO4/c1-20-12-5-2-4-11(8-12)15(19)10-21-16-7-3-6-14(17)13(16)9-18/h2-9,15,19H,10H2,1H3. The Morgan fingerprint density at radius 2 is 2.05 bits per heavy atom. The normalized spacial score (nSPS) is 11.8. The van der Waals surface area contributed by atoms with Gasteiger partial charge in [0.25, 0.3) is 0 Å². The summed E-state index contributed by atoms with van der Waals surface area (Å²) in [5.74, 6) is 1.00. The molecule has 1 atom stereocenters. The first kappa shape index (κ1) is 15.4. The maximum Gasteiger partial charge on any atom is 0.155 e. The molecule has 21 heavy (non-hydrogen) atoms. The minimum Gasteiger partial charge on any atom is -0.497 e. The van der Waals surface area contributed by atoms with Crippen molar-refractivity contribution < 1.29 is 19.4 Å². The molecular weight excluding hydrogens is 292 g/mol. The largest absolute Gasteiger partial charge is 0.497 e. The van der Waals surface area contributed by atoms with Crippen LogP contribution in [0.5, 0.6) is 11.5 Å². The van der Waals surface area contributed by atoms with Crippen molar-refractivity contribution in [1.82, 2.24) is 0 Å². The van der Waals surface area contributed by atoms with E-state index in [1.165, 1.54) is 0 Å². The number of ether oxygens (including phenoxy) is 2. The summed E-state index contributed by atoms with van der Waals surface area (Å²) in [4.78, 5) is 11.0. The van der Waals surface area contributed by atoms with E-state index in [1.807, 2.05) is 0 Å². The molecule has 2 rings (SSSR count). The average Bonchev–Trinajstić information content (AvgIpc) is 2.52. The fraction of sp³-hybridized carbons (Fsp3) is 0.188. The number of carbonyl (C=O) groups is 1. The SMILES string of the molecule is COc1cccc(C(O)COc2cccc(Cl)c2C=O)c1. The highest BCUT2D eigenvalue weighted by molar-refractivity contribution is 6.33. The Labute approximate surface area is 127 Å². The Morgan fingerprint density at radius 3 is 2.76 bits per heavy atom. The number of carbonyl (C=O) groups excluding carboxylic acids is 1. The van der Waals surface area contributed by atoms with Crippen molar-refractivity contribution in [2.75, 3.05) is 13.7 Å². The molecule has 5 heteroatoms. The number of aliphatic hydroxyl groups excluding tert-OH is 1. The fourth-order valence-corrected chi connectivity index (χ4v) is 2.08. The van der Waals surface area contributed by atoms with Crippen molar-refractivity contribution in [3.8, 4) is 11.5 Å². The number of hydrogen-bond donors (Lipinski definition) is 1. The van der Waals surface area contributed by atoms with Crippen LogP contribution >= 0.6 is 11.6 Å². The Hall–Kier alpha value is -2.04. The molecule has 2 aromatic rings. The first-order chi connectivity index (χ1) is 10.2. The zero-order valence-corrected chi connectivity index (χ0v) is 12.2. The van der Waals surface area contributed by atoms with Crippen LogP contribution in [0.1, 0.15) is 22.0 Å². The number of benzene rings is 2. The lowest BCUT2D eigenvalue weighted by atomic mass is 10.1. The molecular formula is C16H15ClO4. The Balaban J connectivity index is 2.09. The van der Waals surface area contributed by atoms with Gasteiger partial charge in [0.05, 0.1) is 17.7 Å². The van der Waals surface area contributed by atoms with Gasteiger partial charge in [0.15, 0.2) is 6.29 Å². The lowest BCUT2D eigenvalue weighted by Crippen LogP contribution is -2.10. The minimum absolute atomic E-state index is 0.00828. The summed E-state index contributed by atoms with van der Waals surface area (Å²) in [5, 5.41) is 10.5. The van der Waals surface area contributed by atoms with E-state index in [4.69, 9.17) is 21.1 Å². The third-order valence-electron chi connectivity index (χ3n) is 3.01. The first-order valence-corrected chi connectivity index (χ1v) is 6.72. The van der Waals surface area contributed by atoms with Gasteiger partial charge in [-0.1, -0.05) is 29.8 Å². The molecule has 0 fully saturated rings. The van der Waals surface area contributed by atoms with Gasteiger partial charge in [0.1, 0.15) is 24.2 Å². The second kappa shape index (κ2) is 7.11. The number of methoxy groups -OCH3 is 1. The average molecular weight is 307 g/mol. The zero-order chi connectivity index (χ0) is 15.2. The van der Waals surface area contributed by atoms with Crippen LogP contribution in [0, 0.1) is 0 Å². The van der Waals surface area contributed by atoms with Crippen molar-refractivity contribution in [1.29, 1.82) is 0 Å². The quantitative estimate of drug-likeness (QED) is 0.832. The van der Waals surface area contributed by atoms with Gasteiger partial charge in [0, 0.05) is 0 Å². The molecule has 0 radical (unpaired) electrons. The number of aliphatic hydroxyl groups is 1. The van der Waals surface area contributed by atoms with Gasteiger partial charge in [-0.3, -0.25) is 4.79 Å². The second-order valence-corrected chi connectivity index (χ2v) is 4.78. The molecule has 110 valence electrons. The smallest absolute Gasteiger partial charge is 0.155 e. The van der Waals surface area contributed by atoms with Crippen molar-refractivity contribution in [3.63, 3.8) is 0 Å². The highest BCUT2D eigenvalue weighted by Gasteiger charge is 2.12. The van der Waals surface area contributed by atoms with Crippen LogP contribution in [0.15, 0.2) is 42.5 Å². The molecule has 0 spiro atoms. The highest BCUT2D eigenvalue weighted by atomic mass is 35.5. The van der Waals surface area contributed by atoms with Gasteiger partial charge in [-0.25, -0.2) is 0 Å². The van der Waals surface area contributed by atoms with E-state index in [0.29, 0.717) is 28.4 Å². The molecule has 0 aliphatic rings. The minimum atomic E-state index is -0.835. The maximum absolute atomic E-state index is 11.0. The summed E-state index contributed by atoms with van der Waals surface area (Å²) in [5.41, 5.74) is 0.945. The van der Waals surface area contributed by atoms with Crippen molar-refractivity contribution in [3.05, 3.63) is 58.6 Å². The molecule has 2 aromatic carbocycles. The molecule has 0 amide bonds. The van der Waals surface area contributed by atoms with Crippen molar-refractivity contribution in [2.45, 2.75) is 6.10 Å². The molecule has 1 N–H and O–H groups in total. The van der Waals surface area contributed by atoms with Crippen LogP contribution in [0.3, 0.4) is 0 Å². The van der Waals surface area contributed by atoms with E-state index in [9.17, 15) is 9.90 Å². The number of rotatable bonds is 6. The Morgan fingerprint density at radius 1 is 1.29 bits per heavy atom.